The molecule has 1 heterocycles. The molecule has 1 aliphatic heterocycles. The molecule has 112 valence electrons. The Hall–Kier alpha value is -1.11. The summed E-state index contributed by atoms with van der Waals surface area (Å²) >= 11 is 0. The first-order valence-corrected chi connectivity index (χ1v) is 8.53. The van der Waals surface area contributed by atoms with E-state index in [1.54, 1.807) is 31.2 Å². The third kappa shape index (κ3) is 4.19. The van der Waals surface area contributed by atoms with Crippen molar-refractivity contribution in [3.63, 3.8) is 0 Å². The van der Waals surface area contributed by atoms with E-state index in [9.17, 15) is 8.42 Å². The Morgan fingerprint density at radius 3 is 2.70 bits per heavy atom. The zero-order chi connectivity index (χ0) is 14.4. The molecule has 1 aromatic rings. The van der Waals surface area contributed by atoms with Crippen LogP contribution in [0.15, 0.2) is 29.2 Å². The van der Waals surface area contributed by atoms with Gasteiger partial charge in [0.25, 0.3) is 0 Å². The van der Waals surface area contributed by atoms with Crippen molar-refractivity contribution in [2.45, 2.75) is 24.7 Å². The molecule has 0 aliphatic carbocycles. The fourth-order valence-electron chi connectivity index (χ4n) is 2.27. The summed E-state index contributed by atoms with van der Waals surface area (Å²) in [6.07, 6.45) is 2.37. The van der Waals surface area contributed by atoms with E-state index < -0.39 is 10.0 Å². The quantitative estimate of drug-likeness (QED) is 0.832. The monoisotopic (exact) mass is 298 g/mol. The fraction of sp³-hybridized carbons (Fsp3) is 0.571. The lowest BCUT2D eigenvalue weighted by atomic mass is 10.0. The predicted molar refractivity (Wildman–Crippen MR) is 78.4 cm³/mol. The summed E-state index contributed by atoms with van der Waals surface area (Å²) in [7, 11) is -3.38. The van der Waals surface area contributed by atoms with E-state index in [1.807, 2.05) is 0 Å². The second-order valence-electron chi connectivity index (χ2n) is 5.00. The summed E-state index contributed by atoms with van der Waals surface area (Å²) in [6, 6.07) is 6.57. The summed E-state index contributed by atoms with van der Waals surface area (Å²) < 4.78 is 31.8. The number of hydrogen-bond acceptors (Lipinski definition) is 4. The molecule has 6 heteroatoms. The highest BCUT2D eigenvalue weighted by molar-refractivity contribution is 7.89. The maximum Gasteiger partial charge on any atom is 0.240 e. The molecule has 1 fully saturated rings. The Labute approximate surface area is 120 Å². The molecule has 2 rings (SSSR count). The number of benzene rings is 1. The lowest BCUT2D eigenvalue weighted by molar-refractivity contribution is 0.218. The molecular weight excluding hydrogens is 276 g/mol. The standard InChI is InChI=1S/C14H22N2O3S/c1-2-16-20(17,18)14-7-5-13(6-8-14)19-11-12-4-3-9-15-10-12/h5-8,12,15-16H,2-4,9-11H2,1H3. The third-order valence-corrected chi connectivity index (χ3v) is 4.91. The molecule has 0 bridgehead atoms. The Morgan fingerprint density at radius 2 is 2.10 bits per heavy atom. The van der Waals surface area contributed by atoms with Gasteiger partial charge in [0.05, 0.1) is 11.5 Å². The largest absolute Gasteiger partial charge is 0.493 e. The van der Waals surface area contributed by atoms with Crippen LogP contribution in [-0.2, 0) is 10.0 Å². The van der Waals surface area contributed by atoms with Gasteiger partial charge in [0, 0.05) is 19.0 Å². The lowest BCUT2D eigenvalue weighted by Gasteiger charge is -2.22. The minimum Gasteiger partial charge on any atom is -0.493 e. The van der Waals surface area contributed by atoms with Crippen molar-refractivity contribution in [3.8, 4) is 5.75 Å². The molecule has 20 heavy (non-hydrogen) atoms. The molecule has 0 aromatic heterocycles. The Bertz CT molecular complexity index is 508. The van der Waals surface area contributed by atoms with Crippen molar-refractivity contribution in [2.24, 2.45) is 5.92 Å². The average molecular weight is 298 g/mol. The molecule has 1 atom stereocenters. The molecule has 0 amide bonds. The molecule has 1 unspecified atom stereocenters. The van der Waals surface area contributed by atoms with Gasteiger partial charge in [-0.2, -0.15) is 0 Å². The normalized spacial score (nSPS) is 19.8. The van der Waals surface area contributed by atoms with E-state index in [-0.39, 0.29) is 4.90 Å². The highest BCUT2D eigenvalue weighted by Crippen LogP contribution is 2.18. The van der Waals surface area contributed by atoms with Gasteiger partial charge < -0.3 is 10.1 Å². The van der Waals surface area contributed by atoms with Crippen LogP contribution in [0.1, 0.15) is 19.8 Å². The highest BCUT2D eigenvalue weighted by atomic mass is 32.2. The number of nitrogens with one attached hydrogen (secondary N) is 2. The number of piperidine rings is 1. The van der Waals surface area contributed by atoms with Gasteiger partial charge in [-0.25, -0.2) is 13.1 Å². The van der Waals surface area contributed by atoms with E-state index in [2.05, 4.69) is 10.0 Å². The smallest absolute Gasteiger partial charge is 0.240 e. The zero-order valence-corrected chi connectivity index (χ0v) is 12.6. The minimum absolute atomic E-state index is 0.269. The SMILES string of the molecule is CCNS(=O)(=O)c1ccc(OCC2CCCNC2)cc1. The maximum absolute atomic E-state index is 11.8. The third-order valence-electron chi connectivity index (χ3n) is 3.35. The van der Waals surface area contributed by atoms with E-state index in [0.717, 1.165) is 13.1 Å². The molecule has 5 nitrogen and oxygen atoms in total. The van der Waals surface area contributed by atoms with Crippen molar-refractivity contribution in [2.75, 3.05) is 26.2 Å². The van der Waals surface area contributed by atoms with Gasteiger partial charge in [0.2, 0.25) is 10.0 Å². The second-order valence-corrected chi connectivity index (χ2v) is 6.76. The molecular formula is C14H22N2O3S. The zero-order valence-electron chi connectivity index (χ0n) is 11.8. The van der Waals surface area contributed by atoms with E-state index in [0.29, 0.717) is 24.8 Å². The minimum atomic E-state index is -3.38. The topological polar surface area (TPSA) is 67.4 Å². The Balaban J connectivity index is 1.91. The van der Waals surface area contributed by atoms with Crippen molar-refractivity contribution in [3.05, 3.63) is 24.3 Å². The molecule has 0 radical (unpaired) electrons. The van der Waals surface area contributed by atoms with Crippen LogP contribution < -0.4 is 14.8 Å². The Morgan fingerprint density at radius 1 is 1.35 bits per heavy atom. The lowest BCUT2D eigenvalue weighted by Crippen LogP contribution is -2.33. The summed E-state index contributed by atoms with van der Waals surface area (Å²) in [5.41, 5.74) is 0. The van der Waals surface area contributed by atoms with Crippen LogP contribution in [0.2, 0.25) is 0 Å². The van der Waals surface area contributed by atoms with Gasteiger partial charge in [-0.1, -0.05) is 6.92 Å². The average Bonchev–Trinajstić information content (AvgIpc) is 2.47. The summed E-state index contributed by atoms with van der Waals surface area (Å²) in [5, 5.41) is 3.35. The van der Waals surface area contributed by atoms with Crippen LogP contribution >= 0.6 is 0 Å². The summed E-state index contributed by atoms with van der Waals surface area (Å²) in [6.45, 7) is 4.90. The fourth-order valence-corrected chi connectivity index (χ4v) is 3.31. The number of ether oxygens (including phenoxy) is 1. The first kappa shape index (κ1) is 15.3. The van der Waals surface area contributed by atoms with Gasteiger partial charge in [0.15, 0.2) is 0 Å². The molecule has 0 saturated carbocycles. The molecule has 2 N–H and O–H groups in total. The number of rotatable bonds is 6. The van der Waals surface area contributed by atoms with Crippen molar-refractivity contribution in [1.82, 2.24) is 10.0 Å². The van der Waals surface area contributed by atoms with Crippen LogP contribution in [0.4, 0.5) is 0 Å². The van der Waals surface area contributed by atoms with Crippen molar-refractivity contribution >= 4 is 10.0 Å². The van der Waals surface area contributed by atoms with E-state index in [1.165, 1.54) is 12.8 Å². The first-order valence-electron chi connectivity index (χ1n) is 7.05. The number of hydrogen-bond donors (Lipinski definition) is 2. The molecule has 0 spiro atoms. The van der Waals surface area contributed by atoms with E-state index >= 15 is 0 Å². The van der Waals surface area contributed by atoms with E-state index in [4.69, 9.17) is 4.74 Å². The first-order chi connectivity index (χ1) is 9.62. The maximum atomic E-state index is 11.8. The summed E-state index contributed by atoms with van der Waals surface area (Å²) in [4.78, 5) is 0.269. The van der Waals surface area contributed by atoms with Crippen molar-refractivity contribution in [1.29, 1.82) is 0 Å². The number of sulfonamides is 1. The van der Waals surface area contributed by atoms with Gasteiger partial charge >= 0.3 is 0 Å². The molecule has 1 aromatic carbocycles. The second kappa shape index (κ2) is 7.06. The summed E-state index contributed by atoms with van der Waals surface area (Å²) in [5.74, 6) is 1.25. The highest BCUT2D eigenvalue weighted by Gasteiger charge is 2.14. The molecule has 1 saturated heterocycles. The van der Waals surface area contributed by atoms with Gasteiger partial charge in [-0.15, -0.1) is 0 Å². The van der Waals surface area contributed by atoms with Crippen LogP contribution in [0.25, 0.3) is 0 Å². The van der Waals surface area contributed by atoms with Crippen LogP contribution in [0.3, 0.4) is 0 Å². The Kier molecular flexibility index (Phi) is 5.39. The van der Waals surface area contributed by atoms with Gasteiger partial charge in [0.1, 0.15) is 5.75 Å². The van der Waals surface area contributed by atoms with Crippen molar-refractivity contribution < 1.29 is 13.2 Å². The molecule has 1 aliphatic rings. The van der Waals surface area contributed by atoms with Crippen LogP contribution in [-0.4, -0.2) is 34.7 Å². The van der Waals surface area contributed by atoms with Crippen LogP contribution in [0.5, 0.6) is 5.75 Å². The van der Waals surface area contributed by atoms with Gasteiger partial charge in [-0.05, 0) is 43.7 Å². The van der Waals surface area contributed by atoms with Gasteiger partial charge in [-0.3, -0.25) is 0 Å². The predicted octanol–water partition coefficient (Wildman–Crippen LogP) is 1.36. The van der Waals surface area contributed by atoms with Crippen LogP contribution in [0, 0.1) is 5.92 Å².